The summed E-state index contributed by atoms with van der Waals surface area (Å²) in [6.45, 7) is 2.04. The van der Waals surface area contributed by atoms with Crippen molar-refractivity contribution < 1.29 is 27.0 Å². The van der Waals surface area contributed by atoms with Gasteiger partial charge in [0.05, 0.1) is 16.7 Å². The molecular weight excluding hydrogens is 510 g/mol. The number of hydrogen-bond donors (Lipinski definition) is 0. The van der Waals surface area contributed by atoms with Crippen LogP contribution in [0.3, 0.4) is 0 Å². The smallest absolute Gasteiger partial charge is 0.368 e. The second-order valence-corrected chi connectivity index (χ2v) is 9.26. The molecule has 33 heavy (non-hydrogen) atoms. The summed E-state index contributed by atoms with van der Waals surface area (Å²) >= 11 is 3.37. The zero-order chi connectivity index (χ0) is 23.4. The van der Waals surface area contributed by atoms with Crippen molar-refractivity contribution in [2.75, 3.05) is 6.61 Å². The molecule has 0 radical (unpaired) electrons. The molecule has 9 heteroatoms. The van der Waals surface area contributed by atoms with Gasteiger partial charge in [-0.15, -0.1) is 0 Å². The molecule has 0 saturated heterocycles. The fourth-order valence-electron chi connectivity index (χ4n) is 3.14. The molecule has 3 aromatic rings. The minimum absolute atomic E-state index is 0.00815. The van der Waals surface area contributed by atoms with Gasteiger partial charge >= 0.3 is 16.1 Å². The lowest BCUT2D eigenvalue weighted by molar-refractivity contribution is -0.136. The Labute approximate surface area is 199 Å². The molecule has 1 heterocycles. The summed E-state index contributed by atoms with van der Waals surface area (Å²) in [7, 11) is -4.08. The van der Waals surface area contributed by atoms with Crippen LogP contribution >= 0.6 is 15.9 Å². The van der Waals surface area contributed by atoms with Crippen LogP contribution in [0.15, 0.2) is 92.9 Å². The van der Waals surface area contributed by atoms with Gasteiger partial charge in [-0.2, -0.15) is 8.42 Å². The van der Waals surface area contributed by atoms with Gasteiger partial charge in [0.25, 0.3) is 0 Å². The van der Waals surface area contributed by atoms with Gasteiger partial charge in [-0.05, 0) is 58.8 Å². The SMILES string of the molecule is CCOc1cc(/C=C2\C(=O)ON=C2c2ccccc2)cc(Br)c1OS(=O)(=O)c1ccccc1. The highest BCUT2D eigenvalue weighted by atomic mass is 79.9. The van der Waals surface area contributed by atoms with Crippen LogP contribution in [0.25, 0.3) is 6.08 Å². The monoisotopic (exact) mass is 527 g/mol. The lowest BCUT2D eigenvalue weighted by Crippen LogP contribution is -2.11. The molecule has 0 spiro atoms. The molecule has 0 aromatic heterocycles. The Morgan fingerprint density at radius 1 is 1.03 bits per heavy atom. The molecule has 0 bridgehead atoms. The van der Waals surface area contributed by atoms with Crippen molar-refractivity contribution >= 4 is 43.8 Å². The number of rotatable bonds is 7. The van der Waals surface area contributed by atoms with Crippen molar-refractivity contribution in [2.45, 2.75) is 11.8 Å². The van der Waals surface area contributed by atoms with E-state index in [9.17, 15) is 13.2 Å². The van der Waals surface area contributed by atoms with Gasteiger partial charge in [-0.1, -0.05) is 53.7 Å². The number of carbonyl (C=O) groups is 1. The Morgan fingerprint density at radius 2 is 1.70 bits per heavy atom. The van der Waals surface area contributed by atoms with E-state index in [1.807, 2.05) is 30.3 Å². The van der Waals surface area contributed by atoms with Crippen LogP contribution < -0.4 is 8.92 Å². The molecule has 0 aliphatic carbocycles. The molecule has 1 aliphatic heterocycles. The van der Waals surface area contributed by atoms with Gasteiger partial charge in [-0.25, -0.2) is 4.79 Å². The van der Waals surface area contributed by atoms with Gasteiger partial charge in [0.2, 0.25) is 0 Å². The van der Waals surface area contributed by atoms with E-state index in [4.69, 9.17) is 13.8 Å². The van der Waals surface area contributed by atoms with Crippen LogP contribution in [0.4, 0.5) is 0 Å². The third-order valence-electron chi connectivity index (χ3n) is 4.61. The molecule has 168 valence electrons. The lowest BCUT2D eigenvalue weighted by Gasteiger charge is -2.14. The van der Waals surface area contributed by atoms with Crippen LogP contribution in [0.1, 0.15) is 18.1 Å². The van der Waals surface area contributed by atoms with Crippen LogP contribution in [0, 0.1) is 0 Å². The van der Waals surface area contributed by atoms with Crippen LogP contribution in [0.2, 0.25) is 0 Å². The quantitative estimate of drug-likeness (QED) is 0.245. The van der Waals surface area contributed by atoms with E-state index in [1.165, 1.54) is 12.1 Å². The lowest BCUT2D eigenvalue weighted by atomic mass is 10.0. The highest BCUT2D eigenvalue weighted by molar-refractivity contribution is 9.10. The number of benzene rings is 3. The molecular formula is C24H18BrNO6S. The normalized spacial score (nSPS) is 14.7. The van der Waals surface area contributed by atoms with Gasteiger partial charge in [0.1, 0.15) is 10.6 Å². The van der Waals surface area contributed by atoms with Crippen molar-refractivity contribution in [2.24, 2.45) is 5.16 Å². The van der Waals surface area contributed by atoms with Crippen molar-refractivity contribution in [3.63, 3.8) is 0 Å². The first kappa shape index (κ1) is 22.8. The third kappa shape index (κ3) is 4.99. The maximum atomic E-state index is 12.7. The van der Waals surface area contributed by atoms with E-state index in [0.29, 0.717) is 15.7 Å². The van der Waals surface area contributed by atoms with Crippen molar-refractivity contribution in [3.8, 4) is 11.5 Å². The molecule has 3 aromatic carbocycles. The van der Waals surface area contributed by atoms with Crippen LogP contribution in [0.5, 0.6) is 11.5 Å². The van der Waals surface area contributed by atoms with E-state index < -0.39 is 16.1 Å². The Hall–Kier alpha value is -3.43. The number of halogens is 1. The number of carbonyl (C=O) groups excluding carboxylic acids is 1. The highest BCUT2D eigenvalue weighted by Crippen LogP contribution is 2.39. The molecule has 0 N–H and O–H groups in total. The first-order valence-electron chi connectivity index (χ1n) is 9.91. The Balaban J connectivity index is 1.73. The molecule has 0 unspecified atom stereocenters. The molecule has 0 saturated carbocycles. The number of oxime groups is 1. The fraction of sp³-hybridized carbons (Fsp3) is 0.0833. The highest BCUT2D eigenvalue weighted by Gasteiger charge is 2.27. The third-order valence-corrected chi connectivity index (χ3v) is 6.43. The summed E-state index contributed by atoms with van der Waals surface area (Å²) in [5.74, 6) is -0.383. The summed E-state index contributed by atoms with van der Waals surface area (Å²) in [5, 5.41) is 3.90. The van der Waals surface area contributed by atoms with Crippen LogP contribution in [-0.2, 0) is 19.8 Å². The summed E-state index contributed by atoms with van der Waals surface area (Å²) in [6.07, 6.45) is 1.60. The molecule has 1 aliphatic rings. The molecule has 0 atom stereocenters. The predicted octanol–water partition coefficient (Wildman–Crippen LogP) is 4.96. The van der Waals surface area contributed by atoms with Gasteiger partial charge in [-0.3, -0.25) is 0 Å². The van der Waals surface area contributed by atoms with Crippen molar-refractivity contribution in [1.82, 2.24) is 0 Å². The van der Waals surface area contributed by atoms with Crippen molar-refractivity contribution in [1.29, 1.82) is 0 Å². The predicted molar refractivity (Wildman–Crippen MR) is 127 cm³/mol. The average molecular weight is 528 g/mol. The Bertz CT molecular complexity index is 1350. The summed E-state index contributed by atoms with van der Waals surface area (Å²) in [6, 6.07) is 20.2. The Kier molecular flexibility index (Phi) is 6.62. The topological polar surface area (TPSA) is 91.3 Å². The molecule has 7 nitrogen and oxygen atoms in total. The first-order valence-corrected chi connectivity index (χ1v) is 12.1. The maximum absolute atomic E-state index is 12.7. The van der Waals surface area contributed by atoms with E-state index in [2.05, 4.69) is 21.1 Å². The minimum Gasteiger partial charge on any atom is -0.490 e. The average Bonchev–Trinajstić information content (AvgIpc) is 3.17. The van der Waals surface area contributed by atoms with Gasteiger partial charge in [0.15, 0.2) is 11.5 Å². The van der Waals surface area contributed by atoms with E-state index in [-0.39, 0.29) is 28.6 Å². The maximum Gasteiger partial charge on any atom is 0.368 e. The number of nitrogens with zero attached hydrogens (tertiary/aromatic N) is 1. The second kappa shape index (κ2) is 9.60. The van der Waals surface area contributed by atoms with E-state index in [0.717, 1.165) is 5.56 Å². The van der Waals surface area contributed by atoms with Gasteiger partial charge < -0.3 is 13.8 Å². The summed E-state index contributed by atoms with van der Waals surface area (Å²) < 4.78 is 36.8. The van der Waals surface area contributed by atoms with E-state index >= 15 is 0 Å². The zero-order valence-electron chi connectivity index (χ0n) is 17.4. The standard InChI is InChI=1S/C24H18BrNO6S/c1-2-30-21-15-16(13-19-22(26-31-24(19)27)17-9-5-3-6-10-17)14-20(25)23(21)32-33(28,29)18-11-7-4-8-12-18/h3-15H,2H2,1H3/b19-13-. The molecule has 0 fully saturated rings. The Morgan fingerprint density at radius 3 is 2.36 bits per heavy atom. The second-order valence-electron chi connectivity index (χ2n) is 6.86. The zero-order valence-corrected chi connectivity index (χ0v) is 19.8. The number of hydrogen-bond acceptors (Lipinski definition) is 7. The van der Waals surface area contributed by atoms with E-state index in [1.54, 1.807) is 43.3 Å². The van der Waals surface area contributed by atoms with Gasteiger partial charge in [0, 0.05) is 5.56 Å². The summed E-state index contributed by atoms with van der Waals surface area (Å²) in [4.78, 5) is 17.2. The largest absolute Gasteiger partial charge is 0.490 e. The summed E-state index contributed by atoms with van der Waals surface area (Å²) in [5.41, 5.74) is 1.96. The minimum atomic E-state index is -4.08. The molecule has 0 amide bonds. The van der Waals surface area contributed by atoms with Crippen molar-refractivity contribution in [3.05, 3.63) is 94.0 Å². The molecule has 4 rings (SSSR count). The fourth-order valence-corrected chi connectivity index (χ4v) is 4.77. The first-order chi connectivity index (χ1) is 15.9. The van der Waals surface area contributed by atoms with Crippen LogP contribution in [-0.4, -0.2) is 26.7 Å². The number of ether oxygens (including phenoxy) is 1.